The van der Waals surface area contributed by atoms with E-state index in [0.717, 1.165) is 40.2 Å². The van der Waals surface area contributed by atoms with Crippen molar-refractivity contribution in [1.82, 2.24) is 0 Å². The minimum atomic E-state index is -0.882. The number of hydrogen-bond donors (Lipinski definition) is 2. The van der Waals surface area contributed by atoms with Gasteiger partial charge in [0.25, 0.3) is 0 Å². The Hall–Kier alpha value is -1.69. The zero-order valence-electron chi connectivity index (χ0n) is 18.7. The van der Waals surface area contributed by atoms with Crippen LogP contribution in [-0.2, 0) is 19.3 Å². The number of aliphatic hydroxyl groups excluding tert-OH is 2. The third kappa shape index (κ3) is 4.96. The van der Waals surface area contributed by atoms with Gasteiger partial charge in [-0.3, -0.25) is 4.79 Å². The van der Waals surface area contributed by atoms with Crippen LogP contribution in [0.15, 0.2) is 12.1 Å². The molecule has 1 aromatic carbocycles. The molecule has 0 radical (unpaired) electrons. The molecule has 0 saturated carbocycles. The van der Waals surface area contributed by atoms with Gasteiger partial charge in [0.1, 0.15) is 18.5 Å². The highest BCUT2D eigenvalue weighted by Crippen LogP contribution is 2.40. The van der Waals surface area contributed by atoms with Crippen LogP contribution in [0.2, 0.25) is 0 Å². The number of ketones is 1. The molecule has 30 heavy (non-hydrogen) atoms. The summed E-state index contributed by atoms with van der Waals surface area (Å²) in [4.78, 5) is 15.3. The van der Waals surface area contributed by atoms with Crippen molar-refractivity contribution in [2.45, 2.75) is 66.4 Å². The van der Waals surface area contributed by atoms with Crippen LogP contribution in [0.1, 0.15) is 62.6 Å². The molecule has 1 aliphatic carbocycles. The van der Waals surface area contributed by atoms with Crippen LogP contribution in [0, 0.1) is 32.6 Å². The highest BCUT2D eigenvalue weighted by molar-refractivity contribution is 7.14. The first kappa shape index (κ1) is 23.0. The standard InChI is InChI=1S/C25H34O4S/c1-14(2)19-10-21-17(5)30-25(22(21)11-19)23(28)7-6-18-8-15(3)24(16(4)9-18)29-13-20(27)12-26/h8-9,14,19-20,26-27H,6-7,10-13H2,1-5H3/t19-,20+/m0/s1. The maximum Gasteiger partial charge on any atom is 0.173 e. The number of Topliss-reactive ketones (excluding diaryl/α,β-unsaturated/α-hetero) is 1. The minimum absolute atomic E-state index is 0.0657. The SMILES string of the molecule is Cc1cc(CCC(=O)c2sc(C)c3c2C[C@@H](C(C)C)C3)cc(C)c1OC[C@H](O)CO. The van der Waals surface area contributed by atoms with Crippen molar-refractivity contribution in [2.24, 2.45) is 11.8 Å². The van der Waals surface area contributed by atoms with E-state index in [1.165, 1.54) is 16.0 Å². The van der Waals surface area contributed by atoms with Crippen LogP contribution in [0.5, 0.6) is 5.75 Å². The van der Waals surface area contributed by atoms with Gasteiger partial charge in [-0.05, 0) is 79.7 Å². The highest BCUT2D eigenvalue weighted by atomic mass is 32.1. The Kier molecular flexibility index (Phi) is 7.38. The fourth-order valence-electron chi connectivity index (χ4n) is 4.42. The summed E-state index contributed by atoms with van der Waals surface area (Å²) in [7, 11) is 0. The lowest BCUT2D eigenvalue weighted by Crippen LogP contribution is -2.21. The Labute approximate surface area is 183 Å². The summed E-state index contributed by atoms with van der Waals surface area (Å²) in [6.07, 6.45) is 2.50. The minimum Gasteiger partial charge on any atom is -0.490 e. The number of thiophene rings is 1. The molecule has 164 valence electrons. The molecule has 3 rings (SSSR count). The zero-order chi connectivity index (χ0) is 22.0. The Morgan fingerprint density at radius 3 is 2.40 bits per heavy atom. The van der Waals surface area contributed by atoms with E-state index in [1.54, 1.807) is 11.3 Å². The fraction of sp³-hybridized carbons (Fsp3) is 0.560. The maximum atomic E-state index is 13.0. The Morgan fingerprint density at radius 2 is 1.80 bits per heavy atom. The molecule has 2 N–H and O–H groups in total. The van der Waals surface area contributed by atoms with Gasteiger partial charge in [0.05, 0.1) is 11.5 Å². The average molecular weight is 431 g/mol. The van der Waals surface area contributed by atoms with Crippen LogP contribution in [0.25, 0.3) is 0 Å². The predicted molar refractivity (Wildman–Crippen MR) is 122 cm³/mol. The van der Waals surface area contributed by atoms with Crippen LogP contribution < -0.4 is 4.74 Å². The van der Waals surface area contributed by atoms with E-state index < -0.39 is 6.10 Å². The Morgan fingerprint density at radius 1 is 1.17 bits per heavy atom. The molecule has 5 heteroatoms. The van der Waals surface area contributed by atoms with Crippen molar-refractivity contribution >= 4 is 17.1 Å². The first-order valence-corrected chi connectivity index (χ1v) is 11.7. The van der Waals surface area contributed by atoms with Crippen LogP contribution in [0.4, 0.5) is 0 Å². The molecular weight excluding hydrogens is 396 g/mol. The van der Waals surface area contributed by atoms with E-state index in [1.807, 2.05) is 13.8 Å². The summed E-state index contributed by atoms with van der Waals surface area (Å²) in [6.45, 7) is 10.4. The largest absolute Gasteiger partial charge is 0.490 e. The molecule has 0 spiro atoms. The normalized spacial score (nSPS) is 16.7. The molecule has 1 aromatic heterocycles. The highest BCUT2D eigenvalue weighted by Gasteiger charge is 2.31. The van der Waals surface area contributed by atoms with Crippen LogP contribution >= 0.6 is 11.3 Å². The number of aryl methyl sites for hydroxylation is 4. The van der Waals surface area contributed by atoms with E-state index in [0.29, 0.717) is 24.7 Å². The lowest BCUT2D eigenvalue weighted by atomic mass is 9.93. The number of aliphatic hydroxyl groups is 2. The van der Waals surface area contributed by atoms with Crippen LogP contribution in [-0.4, -0.2) is 35.3 Å². The second-order valence-corrected chi connectivity index (χ2v) is 10.2. The Bertz CT molecular complexity index is 889. The number of benzene rings is 1. The Balaban J connectivity index is 1.67. The molecule has 0 amide bonds. The van der Waals surface area contributed by atoms with Gasteiger partial charge in [0, 0.05) is 11.3 Å². The lowest BCUT2D eigenvalue weighted by Gasteiger charge is -2.16. The predicted octanol–water partition coefficient (Wildman–Crippen LogP) is 4.59. The quantitative estimate of drug-likeness (QED) is 0.571. The van der Waals surface area contributed by atoms with Crippen molar-refractivity contribution < 1.29 is 19.7 Å². The number of rotatable bonds is 9. The smallest absolute Gasteiger partial charge is 0.173 e. The van der Waals surface area contributed by atoms with E-state index >= 15 is 0 Å². The molecule has 1 aliphatic rings. The number of ether oxygens (including phenoxy) is 1. The first-order valence-electron chi connectivity index (χ1n) is 10.9. The molecular formula is C25H34O4S. The molecule has 0 aliphatic heterocycles. The van der Waals surface area contributed by atoms with Gasteiger partial charge in [-0.25, -0.2) is 0 Å². The van der Waals surface area contributed by atoms with Crippen molar-refractivity contribution in [3.63, 3.8) is 0 Å². The van der Waals surface area contributed by atoms with Gasteiger partial charge in [-0.15, -0.1) is 11.3 Å². The second-order valence-electron chi connectivity index (χ2n) is 8.99. The third-order valence-corrected chi connectivity index (χ3v) is 7.47. The van der Waals surface area contributed by atoms with Crippen molar-refractivity contribution in [2.75, 3.05) is 13.2 Å². The summed E-state index contributed by atoms with van der Waals surface area (Å²) in [5, 5.41) is 18.5. The third-order valence-electron chi connectivity index (χ3n) is 6.24. The van der Waals surface area contributed by atoms with Gasteiger partial charge in [0.2, 0.25) is 0 Å². The molecule has 0 fully saturated rings. The number of fused-ring (bicyclic) bond motifs is 1. The lowest BCUT2D eigenvalue weighted by molar-refractivity contribution is 0.0531. The summed E-state index contributed by atoms with van der Waals surface area (Å²) in [6, 6.07) is 4.11. The summed E-state index contributed by atoms with van der Waals surface area (Å²) in [5.41, 5.74) is 5.84. The average Bonchev–Trinajstić information content (AvgIpc) is 3.26. The fourth-order valence-corrected chi connectivity index (χ4v) is 5.60. The van der Waals surface area contributed by atoms with Gasteiger partial charge < -0.3 is 14.9 Å². The van der Waals surface area contributed by atoms with E-state index in [4.69, 9.17) is 9.84 Å². The molecule has 2 atom stereocenters. The van der Waals surface area contributed by atoms with Gasteiger partial charge in [-0.1, -0.05) is 26.0 Å². The maximum absolute atomic E-state index is 13.0. The summed E-state index contributed by atoms with van der Waals surface area (Å²) >= 11 is 1.68. The topological polar surface area (TPSA) is 66.8 Å². The summed E-state index contributed by atoms with van der Waals surface area (Å²) in [5.74, 6) is 2.31. The number of carbonyl (C=O) groups is 1. The number of hydrogen-bond acceptors (Lipinski definition) is 5. The first-order chi connectivity index (χ1) is 14.2. The number of carbonyl (C=O) groups excluding carboxylic acids is 1. The zero-order valence-corrected chi connectivity index (χ0v) is 19.6. The van der Waals surface area contributed by atoms with Crippen molar-refractivity contribution in [1.29, 1.82) is 0 Å². The van der Waals surface area contributed by atoms with Gasteiger partial charge in [0.15, 0.2) is 5.78 Å². The molecule has 2 aromatic rings. The molecule has 1 heterocycles. The molecule has 0 saturated heterocycles. The molecule has 0 unspecified atom stereocenters. The monoisotopic (exact) mass is 430 g/mol. The van der Waals surface area contributed by atoms with E-state index in [2.05, 4.69) is 32.9 Å². The van der Waals surface area contributed by atoms with E-state index in [9.17, 15) is 9.90 Å². The molecule has 0 bridgehead atoms. The van der Waals surface area contributed by atoms with Crippen LogP contribution in [0.3, 0.4) is 0 Å². The van der Waals surface area contributed by atoms with Crippen molar-refractivity contribution in [3.8, 4) is 5.75 Å². The molecule has 4 nitrogen and oxygen atoms in total. The summed E-state index contributed by atoms with van der Waals surface area (Å²) < 4.78 is 5.68. The second kappa shape index (κ2) is 9.63. The van der Waals surface area contributed by atoms with Crippen molar-refractivity contribution in [3.05, 3.63) is 49.7 Å². The van der Waals surface area contributed by atoms with Gasteiger partial charge >= 0.3 is 0 Å². The van der Waals surface area contributed by atoms with Gasteiger partial charge in [-0.2, -0.15) is 0 Å². The van der Waals surface area contributed by atoms with E-state index in [-0.39, 0.29) is 19.0 Å².